The Morgan fingerprint density at radius 1 is 0.893 bits per heavy atom. The summed E-state index contributed by atoms with van der Waals surface area (Å²) in [6.45, 7) is 7.35. The molecule has 28 heavy (non-hydrogen) atoms. The van der Waals surface area contributed by atoms with Crippen molar-refractivity contribution in [2.75, 3.05) is 50.8 Å². The highest BCUT2D eigenvalue weighted by atomic mass is 35.5. The lowest BCUT2D eigenvalue weighted by Gasteiger charge is -2.37. The first kappa shape index (κ1) is 17.7. The Morgan fingerprint density at radius 3 is 2.64 bits per heavy atom. The molecule has 0 spiro atoms. The number of aromatic nitrogens is 1. The van der Waals surface area contributed by atoms with Crippen LogP contribution in [-0.4, -0.2) is 55.4 Å². The second-order valence-corrected chi connectivity index (χ2v) is 7.78. The predicted molar refractivity (Wildman–Crippen MR) is 113 cm³/mol. The summed E-state index contributed by atoms with van der Waals surface area (Å²) in [6.07, 6.45) is 2.16. The van der Waals surface area contributed by atoms with Gasteiger partial charge in [-0.1, -0.05) is 23.7 Å². The van der Waals surface area contributed by atoms with Crippen LogP contribution < -0.4 is 14.4 Å². The molecule has 2 aliphatic heterocycles. The Kier molecular flexibility index (Phi) is 4.79. The van der Waals surface area contributed by atoms with Crippen LogP contribution in [-0.2, 0) is 6.54 Å². The van der Waals surface area contributed by atoms with E-state index in [4.69, 9.17) is 21.1 Å². The number of anilines is 1. The third kappa shape index (κ3) is 3.40. The van der Waals surface area contributed by atoms with Gasteiger partial charge in [-0.25, -0.2) is 0 Å². The molecule has 0 unspecified atom stereocenters. The van der Waals surface area contributed by atoms with Crippen molar-refractivity contribution in [3.8, 4) is 11.5 Å². The average Bonchev–Trinajstić information content (AvgIpc) is 3.14. The molecule has 0 N–H and O–H groups in total. The maximum Gasteiger partial charge on any atom is 0.184 e. The van der Waals surface area contributed by atoms with Crippen molar-refractivity contribution in [2.24, 2.45) is 0 Å². The number of hydrogen-bond donors (Lipinski definition) is 0. The van der Waals surface area contributed by atoms with E-state index in [0.717, 1.165) is 61.5 Å². The molecule has 1 saturated heterocycles. The largest absolute Gasteiger partial charge is 0.486 e. The van der Waals surface area contributed by atoms with E-state index in [1.165, 1.54) is 10.9 Å². The molecular weight excluding hydrogens is 374 g/mol. The van der Waals surface area contributed by atoms with Gasteiger partial charge in [-0.15, -0.1) is 0 Å². The van der Waals surface area contributed by atoms with Crippen LogP contribution >= 0.6 is 11.6 Å². The van der Waals surface area contributed by atoms with E-state index in [0.29, 0.717) is 13.2 Å². The van der Waals surface area contributed by atoms with E-state index in [1.54, 1.807) is 0 Å². The number of piperazine rings is 1. The van der Waals surface area contributed by atoms with Crippen molar-refractivity contribution >= 4 is 28.2 Å². The van der Waals surface area contributed by atoms with Crippen molar-refractivity contribution in [3.05, 3.63) is 53.7 Å². The van der Waals surface area contributed by atoms with Gasteiger partial charge in [0.05, 0.1) is 5.69 Å². The molecule has 0 atom stereocenters. The van der Waals surface area contributed by atoms with Crippen LogP contribution in [0.5, 0.6) is 11.5 Å². The van der Waals surface area contributed by atoms with Gasteiger partial charge in [0, 0.05) is 56.0 Å². The Bertz CT molecular complexity index is 979. The highest BCUT2D eigenvalue weighted by Crippen LogP contribution is 2.39. The lowest BCUT2D eigenvalue weighted by Crippen LogP contribution is -2.47. The number of fused-ring (bicyclic) bond motifs is 2. The second-order valence-electron chi connectivity index (χ2n) is 7.34. The van der Waals surface area contributed by atoms with E-state index in [1.807, 2.05) is 12.1 Å². The zero-order valence-corrected chi connectivity index (χ0v) is 16.6. The third-order valence-corrected chi connectivity index (χ3v) is 5.89. The summed E-state index contributed by atoms with van der Waals surface area (Å²) in [4.78, 5) is 4.94. The molecule has 3 aromatic rings. The minimum atomic E-state index is 0.624. The first-order chi connectivity index (χ1) is 13.8. The van der Waals surface area contributed by atoms with Gasteiger partial charge in [0.15, 0.2) is 11.5 Å². The summed E-state index contributed by atoms with van der Waals surface area (Å²) < 4.78 is 13.9. The van der Waals surface area contributed by atoms with Crippen molar-refractivity contribution in [2.45, 2.75) is 6.54 Å². The Hall–Kier alpha value is -2.37. The smallest absolute Gasteiger partial charge is 0.184 e. The Morgan fingerprint density at radius 2 is 1.75 bits per heavy atom. The molecule has 1 fully saturated rings. The normalized spacial score (nSPS) is 17.2. The molecule has 0 aliphatic carbocycles. The Balaban J connectivity index is 1.21. The monoisotopic (exact) mass is 397 g/mol. The maximum atomic E-state index is 6.17. The topological polar surface area (TPSA) is 29.9 Å². The highest BCUT2D eigenvalue weighted by Gasteiger charge is 2.23. The van der Waals surface area contributed by atoms with Crippen LogP contribution in [0.1, 0.15) is 0 Å². The molecule has 5 rings (SSSR count). The van der Waals surface area contributed by atoms with Gasteiger partial charge < -0.3 is 18.9 Å². The number of benzene rings is 2. The lowest BCUT2D eigenvalue weighted by molar-refractivity contribution is 0.171. The molecule has 3 heterocycles. The van der Waals surface area contributed by atoms with Gasteiger partial charge in [0.25, 0.3) is 0 Å². The van der Waals surface area contributed by atoms with E-state index in [-0.39, 0.29) is 0 Å². The summed E-state index contributed by atoms with van der Waals surface area (Å²) in [5.41, 5.74) is 2.36. The number of ether oxygens (including phenoxy) is 2. The average molecular weight is 398 g/mol. The van der Waals surface area contributed by atoms with Crippen LogP contribution in [0, 0.1) is 0 Å². The van der Waals surface area contributed by atoms with Gasteiger partial charge in [0.2, 0.25) is 0 Å². The molecule has 0 bridgehead atoms. The number of hydrogen-bond acceptors (Lipinski definition) is 4. The molecule has 6 heteroatoms. The second kappa shape index (κ2) is 7.57. The van der Waals surface area contributed by atoms with Crippen molar-refractivity contribution in [1.29, 1.82) is 0 Å². The maximum absolute atomic E-state index is 6.17. The molecule has 5 nitrogen and oxygen atoms in total. The van der Waals surface area contributed by atoms with Crippen molar-refractivity contribution in [1.82, 2.24) is 9.47 Å². The number of rotatable bonds is 4. The summed E-state index contributed by atoms with van der Waals surface area (Å²) in [7, 11) is 0. The molecule has 0 radical (unpaired) electrons. The fraction of sp³-hybridized carbons (Fsp3) is 0.364. The molecule has 0 saturated carbocycles. The van der Waals surface area contributed by atoms with Gasteiger partial charge >= 0.3 is 0 Å². The van der Waals surface area contributed by atoms with Gasteiger partial charge in [0.1, 0.15) is 13.2 Å². The quantitative estimate of drug-likeness (QED) is 0.668. The van der Waals surface area contributed by atoms with Crippen LogP contribution in [0.25, 0.3) is 10.9 Å². The molecule has 2 aliphatic rings. The van der Waals surface area contributed by atoms with Gasteiger partial charge in [-0.05, 0) is 35.7 Å². The zero-order valence-electron chi connectivity index (χ0n) is 15.8. The van der Waals surface area contributed by atoms with E-state index >= 15 is 0 Å². The van der Waals surface area contributed by atoms with Crippen molar-refractivity contribution < 1.29 is 9.47 Å². The highest BCUT2D eigenvalue weighted by molar-refractivity contribution is 6.31. The minimum absolute atomic E-state index is 0.624. The van der Waals surface area contributed by atoms with Crippen LogP contribution in [0.2, 0.25) is 5.02 Å². The third-order valence-electron chi connectivity index (χ3n) is 5.65. The number of halogens is 1. The Labute approximate surface area is 170 Å². The fourth-order valence-corrected chi connectivity index (χ4v) is 4.29. The SMILES string of the molecule is Clc1ccc2ccn(CCN3CCN(c4cccc5c4OCCO5)CC3)c2c1. The summed E-state index contributed by atoms with van der Waals surface area (Å²) in [6, 6.07) is 14.4. The molecular formula is C22H24ClN3O2. The van der Waals surface area contributed by atoms with E-state index in [2.05, 4.69) is 50.9 Å². The van der Waals surface area contributed by atoms with Crippen LogP contribution in [0.3, 0.4) is 0 Å². The summed E-state index contributed by atoms with van der Waals surface area (Å²) in [5, 5.41) is 2.03. The fourth-order valence-electron chi connectivity index (χ4n) is 4.12. The van der Waals surface area contributed by atoms with Crippen LogP contribution in [0.15, 0.2) is 48.7 Å². The zero-order chi connectivity index (χ0) is 18.9. The molecule has 0 amide bonds. The van der Waals surface area contributed by atoms with Gasteiger partial charge in [-0.2, -0.15) is 0 Å². The first-order valence-corrected chi connectivity index (χ1v) is 10.3. The van der Waals surface area contributed by atoms with Crippen LogP contribution in [0.4, 0.5) is 5.69 Å². The van der Waals surface area contributed by atoms with E-state index in [9.17, 15) is 0 Å². The molecule has 2 aromatic carbocycles. The lowest BCUT2D eigenvalue weighted by atomic mass is 10.2. The summed E-state index contributed by atoms with van der Waals surface area (Å²) >= 11 is 6.17. The number of nitrogens with zero attached hydrogens (tertiary/aromatic N) is 3. The molecule has 146 valence electrons. The van der Waals surface area contributed by atoms with E-state index < -0.39 is 0 Å². The van der Waals surface area contributed by atoms with Gasteiger partial charge in [-0.3, -0.25) is 4.90 Å². The summed E-state index contributed by atoms with van der Waals surface area (Å²) in [5.74, 6) is 1.77. The predicted octanol–water partition coefficient (Wildman–Crippen LogP) is 3.89. The number of para-hydroxylation sites is 1. The first-order valence-electron chi connectivity index (χ1n) is 9.88. The minimum Gasteiger partial charge on any atom is -0.486 e. The standard InChI is InChI=1S/C22H24ClN3O2/c23-18-5-4-17-6-7-25(20(17)16-18)11-8-24-9-12-26(13-10-24)19-2-1-3-21-22(19)28-15-14-27-21/h1-7,16H,8-15H2. The molecule has 1 aromatic heterocycles. The van der Waals surface area contributed by atoms with Crippen molar-refractivity contribution in [3.63, 3.8) is 0 Å².